The number of rotatable bonds is 8. The van der Waals surface area contributed by atoms with Crippen LogP contribution in [0.4, 0.5) is 5.00 Å². The maximum atomic E-state index is 12.4. The van der Waals surface area contributed by atoms with Crippen molar-refractivity contribution in [3.63, 3.8) is 0 Å². The van der Waals surface area contributed by atoms with Crippen molar-refractivity contribution in [3.8, 4) is 5.75 Å². The highest BCUT2D eigenvalue weighted by Crippen LogP contribution is 2.34. The number of anilines is 1. The van der Waals surface area contributed by atoms with Gasteiger partial charge in [-0.25, -0.2) is 9.59 Å². The van der Waals surface area contributed by atoms with E-state index in [1.807, 2.05) is 32.0 Å². The first kappa shape index (κ1) is 22.4. The molecule has 1 heterocycles. The fraction of sp³-hybridized carbons (Fsp3) is 0.381. The van der Waals surface area contributed by atoms with E-state index >= 15 is 0 Å². The summed E-state index contributed by atoms with van der Waals surface area (Å²) >= 11 is 0.981. The number of amides is 1. The molecule has 156 valence electrons. The Balaban J connectivity index is 2.22. The summed E-state index contributed by atoms with van der Waals surface area (Å²) in [6.07, 6.45) is 0. The maximum Gasteiger partial charge on any atom is 0.348 e. The zero-order valence-electron chi connectivity index (χ0n) is 17.2. The lowest BCUT2D eigenvalue weighted by atomic mass is 10.1. The van der Waals surface area contributed by atoms with Crippen LogP contribution in [-0.2, 0) is 14.3 Å². The molecule has 0 atom stereocenters. The molecule has 0 aliphatic heterocycles. The van der Waals surface area contributed by atoms with Crippen LogP contribution in [0.25, 0.3) is 0 Å². The number of hydrogen-bond acceptors (Lipinski definition) is 7. The maximum absolute atomic E-state index is 12.4. The number of carbonyl (C=O) groups excluding carboxylic acids is 3. The Morgan fingerprint density at radius 1 is 1.00 bits per heavy atom. The van der Waals surface area contributed by atoms with Gasteiger partial charge in [0, 0.05) is 0 Å². The number of thiophene rings is 1. The van der Waals surface area contributed by atoms with E-state index in [2.05, 4.69) is 5.32 Å². The SMILES string of the molecule is CCOC(=O)c1sc(NC(=O)COc2cc(C)ccc2C)c(C(=O)OCC)c1C. The van der Waals surface area contributed by atoms with Gasteiger partial charge in [0.15, 0.2) is 6.61 Å². The Bertz CT molecular complexity index is 918. The third kappa shape index (κ3) is 5.57. The monoisotopic (exact) mass is 419 g/mol. The average Bonchev–Trinajstić information content (AvgIpc) is 2.99. The highest BCUT2D eigenvalue weighted by molar-refractivity contribution is 7.18. The van der Waals surface area contributed by atoms with Gasteiger partial charge in [-0.2, -0.15) is 0 Å². The fourth-order valence-electron chi connectivity index (χ4n) is 2.61. The molecule has 0 aliphatic carbocycles. The van der Waals surface area contributed by atoms with Crippen molar-refractivity contribution in [2.45, 2.75) is 34.6 Å². The summed E-state index contributed by atoms with van der Waals surface area (Å²) in [6, 6.07) is 5.72. The van der Waals surface area contributed by atoms with Crippen molar-refractivity contribution in [3.05, 3.63) is 45.3 Å². The van der Waals surface area contributed by atoms with Crippen LogP contribution in [0.3, 0.4) is 0 Å². The van der Waals surface area contributed by atoms with E-state index < -0.39 is 17.8 Å². The fourth-order valence-corrected chi connectivity index (χ4v) is 3.72. The number of nitrogens with one attached hydrogen (secondary N) is 1. The van der Waals surface area contributed by atoms with Gasteiger partial charge in [0.25, 0.3) is 5.91 Å². The normalized spacial score (nSPS) is 10.4. The summed E-state index contributed by atoms with van der Waals surface area (Å²) in [7, 11) is 0. The van der Waals surface area contributed by atoms with Gasteiger partial charge < -0.3 is 19.5 Å². The van der Waals surface area contributed by atoms with Gasteiger partial charge in [0.2, 0.25) is 0 Å². The highest BCUT2D eigenvalue weighted by Gasteiger charge is 2.27. The molecule has 0 radical (unpaired) electrons. The van der Waals surface area contributed by atoms with Crippen LogP contribution in [0.5, 0.6) is 5.75 Å². The van der Waals surface area contributed by atoms with Crippen LogP contribution >= 0.6 is 11.3 Å². The Hall–Kier alpha value is -2.87. The largest absolute Gasteiger partial charge is 0.483 e. The molecule has 1 N–H and O–H groups in total. The van der Waals surface area contributed by atoms with Crippen LogP contribution in [0, 0.1) is 20.8 Å². The molecule has 29 heavy (non-hydrogen) atoms. The lowest BCUT2D eigenvalue weighted by Crippen LogP contribution is -2.21. The van der Waals surface area contributed by atoms with E-state index in [0.29, 0.717) is 11.3 Å². The topological polar surface area (TPSA) is 90.9 Å². The summed E-state index contributed by atoms with van der Waals surface area (Å²) in [5.74, 6) is -0.997. The van der Waals surface area contributed by atoms with Crippen molar-refractivity contribution >= 4 is 34.2 Å². The minimum Gasteiger partial charge on any atom is -0.483 e. The van der Waals surface area contributed by atoms with Gasteiger partial charge in [-0.15, -0.1) is 11.3 Å². The lowest BCUT2D eigenvalue weighted by molar-refractivity contribution is -0.118. The zero-order chi connectivity index (χ0) is 21.6. The number of ether oxygens (including phenoxy) is 3. The smallest absolute Gasteiger partial charge is 0.348 e. The Labute approximate surface area is 174 Å². The Kier molecular flexibility index (Phi) is 7.78. The molecule has 0 aliphatic rings. The van der Waals surface area contributed by atoms with Crippen LogP contribution in [0.15, 0.2) is 18.2 Å². The van der Waals surface area contributed by atoms with Crippen molar-refractivity contribution in [1.82, 2.24) is 0 Å². The van der Waals surface area contributed by atoms with Crippen molar-refractivity contribution in [2.24, 2.45) is 0 Å². The average molecular weight is 419 g/mol. The molecule has 0 unspecified atom stereocenters. The molecule has 1 amide bonds. The van der Waals surface area contributed by atoms with E-state index in [1.165, 1.54) is 0 Å². The molecule has 0 fully saturated rings. The van der Waals surface area contributed by atoms with Gasteiger partial charge in [-0.1, -0.05) is 12.1 Å². The van der Waals surface area contributed by atoms with Gasteiger partial charge in [-0.05, 0) is 57.4 Å². The van der Waals surface area contributed by atoms with Gasteiger partial charge in [0.05, 0.1) is 18.8 Å². The third-order valence-corrected chi connectivity index (χ3v) is 5.23. The molecule has 1 aromatic carbocycles. The molecule has 0 saturated heterocycles. The highest BCUT2D eigenvalue weighted by atomic mass is 32.1. The van der Waals surface area contributed by atoms with Crippen LogP contribution in [0.1, 0.15) is 50.6 Å². The molecule has 0 bridgehead atoms. The predicted octanol–water partition coefficient (Wildman–Crippen LogP) is 4.04. The standard InChI is InChI=1S/C21H25NO6S/c1-6-26-20(24)17-14(5)18(21(25)27-7-2)29-19(17)22-16(23)11-28-15-10-12(3)8-9-13(15)4/h8-10H,6-7,11H2,1-5H3,(H,22,23). The lowest BCUT2D eigenvalue weighted by Gasteiger charge is -2.10. The van der Waals surface area contributed by atoms with Crippen LogP contribution < -0.4 is 10.1 Å². The zero-order valence-corrected chi connectivity index (χ0v) is 18.0. The Morgan fingerprint density at radius 2 is 1.66 bits per heavy atom. The molecule has 2 rings (SSSR count). The molecule has 1 aromatic heterocycles. The van der Waals surface area contributed by atoms with Gasteiger partial charge in [0.1, 0.15) is 15.6 Å². The molecule has 8 heteroatoms. The second-order valence-electron chi connectivity index (χ2n) is 6.31. The van der Waals surface area contributed by atoms with E-state index in [9.17, 15) is 14.4 Å². The first-order valence-electron chi connectivity index (χ1n) is 9.25. The first-order valence-corrected chi connectivity index (χ1v) is 10.1. The molecule has 7 nitrogen and oxygen atoms in total. The summed E-state index contributed by atoms with van der Waals surface area (Å²) < 4.78 is 15.7. The molecule has 2 aromatic rings. The summed E-state index contributed by atoms with van der Waals surface area (Å²) in [5, 5.41) is 2.89. The number of hydrogen-bond donors (Lipinski definition) is 1. The van der Waals surface area contributed by atoms with Gasteiger partial charge in [-0.3, -0.25) is 4.79 Å². The number of carbonyl (C=O) groups is 3. The first-order chi connectivity index (χ1) is 13.8. The summed E-state index contributed by atoms with van der Waals surface area (Å²) in [6.45, 7) is 8.96. The number of aryl methyl sites for hydroxylation is 2. The number of esters is 2. The Morgan fingerprint density at radius 3 is 2.31 bits per heavy atom. The van der Waals surface area contributed by atoms with Crippen LogP contribution in [0.2, 0.25) is 0 Å². The minimum atomic E-state index is -0.609. The van der Waals surface area contributed by atoms with Crippen molar-refractivity contribution in [2.75, 3.05) is 25.1 Å². The van der Waals surface area contributed by atoms with Crippen LogP contribution in [-0.4, -0.2) is 37.7 Å². The number of benzene rings is 1. The van der Waals surface area contributed by atoms with Crippen molar-refractivity contribution < 1.29 is 28.6 Å². The van der Waals surface area contributed by atoms with Crippen molar-refractivity contribution in [1.29, 1.82) is 0 Å². The van der Waals surface area contributed by atoms with E-state index in [-0.39, 0.29) is 35.3 Å². The van der Waals surface area contributed by atoms with Gasteiger partial charge >= 0.3 is 11.9 Å². The van der Waals surface area contributed by atoms with E-state index in [4.69, 9.17) is 14.2 Å². The third-order valence-electron chi connectivity index (χ3n) is 4.04. The molecular weight excluding hydrogens is 394 g/mol. The van der Waals surface area contributed by atoms with E-state index in [0.717, 1.165) is 22.5 Å². The molecule has 0 saturated carbocycles. The summed E-state index contributed by atoms with van der Waals surface area (Å²) in [4.78, 5) is 37.2. The predicted molar refractivity (Wildman–Crippen MR) is 111 cm³/mol. The summed E-state index contributed by atoms with van der Waals surface area (Å²) in [5.41, 5.74) is 2.49. The minimum absolute atomic E-state index is 0.153. The molecular formula is C21H25NO6S. The van der Waals surface area contributed by atoms with E-state index in [1.54, 1.807) is 20.8 Å². The molecule has 0 spiro atoms. The second-order valence-corrected chi connectivity index (χ2v) is 7.33. The second kappa shape index (κ2) is 10.1. The quantitative estimate of drug-likeness (QED) is 0.649.